The van der Waals surface area contributed by atoms with E-state index in [1.807, 2.05) is 12.1 Å². The molecule has 0 aliphatic rings. The van der Waals surface area contributed by atoms with Crippen molar-refractivity contribution in [3.63, 3.8) is 0 Å². The summed E-state index contributed by atoms with van der Waals surface area (Å²) in [6.45, 7) is 2.36. The molecule has 0 spiro atoms. The molecule has 2 aromatic carbocycles. The number of aryl methyl sites for hydroxylation is 1. The van der Waals surface area contributed by atoms with Crippen molar-refractivity contribution in [1.82, 2.24) is 18.7 Å². The molecule has 10 heteroatoms. The standard InChI is InChI=1S/C23H22Cl2N4O4/c1-2-27-20-19(21(31)28(23(27)32)12-3-13-30)29(14-15-4-6-16(24)7-5-15)22(26-20)33-18-10-8-17(25)9-11-18/h4-11,30H,2-3,12-14H2,1H3. The van der Waals surface area contributed by atoms with Crippen LogP contribution in [0.5, 0.6) is 11.8 Å². The molecule has 33 heavy (non-hydrogen) atoms. The smallest absolute Gasteiger partial charge is 0.332 e. The molecule has 2 aromatic heterocycles. The van der Waals surface area contributed by atoms with Crippen LogP contribution in [0.15, 0.2) is 58.1 Å². The molecule has 2 heterocycles. The first-order valence-electron chi connectivity index (χ1n) is 10.5. The van der Waals surface area contributed by atoms with Crippen molar-refractivity contribution in [2.75, 3.05) is 6.61 Å². The van der Waals surface area contributed by atoms with Gasteiger partial charge in [-0.2, -0.15) is 4.98 Å². The molecule has 0 radical (unpaired) electrons. The van der Waals surface area contributed by atoms with Crippen molar-refractivity contribution < 1.29 is 9.84 Å². The Kier molecular flexibility index (Phi) is 6.88. The molecular weight excluding hydrogens is 467 g/mol. The van der Waals surface area contributed by atoms with Gasteiger partial charge in [-0.3, -0.25) is 18.5 Å². The van der Waals surface area contributed by atoms with Crippen LogP contribution in [0.1, 0.15) is 18.9 Å². The maximum atomic E-state index is 13.4. The zero-order valence-corrected chi connectivity index (χ0v) is 19.4. The number of aliphatic hydroxyl groups excluding tert-OH is 1. The van der Waals surface area contributed by atoms with Crippen LogP contribution in [-0.2, 0) is 19.6 Å². The van der Waals surface area contributed by atoms with E-state index in [0.717, 1.165) is 10.1 Å². The number of ether oxygens (including phenoxy) is 1. The van der Waals surface area contributed by atoms with Gasteiger partial charge < -0.3 is 9.84 Å². The third-order valence-electron chi connectivity index (χ3n) is 5.21. The lowest BCUT2D eigenvalue weighted by Gasteiger charge is -2.12. The zero-order valence-electron chi connectivity index (χ0n) is 17.9. The maximum Gasteiger partial charge on any atom is 0.332 e. The molecule has 8 nitrogen and oxygen atoms in total. The Morgan fingerprint density at radius 3 is 2.18 bits per heavy atom. The van der Waals surface area contributed by atoms with E-state index in [-0.39, 0.29) is 43.3 Å². The van der Waals surface area contributed by atoms with Gasteiger partial charge in [0, 0.05) is 29.7 Å². The summed E-state index contributed by atoms with van der Waals surface area (Å²) in [4.78, 5) is 30.9. The minimum Gasteiger partial charge on any atom is -0.425 e. The summed E-state index contributed by atoms with van der Waals surface area (Å²) in [5.74, 6) is 0.484. The number of aromatic nitrogens is 4. The largest absolute Gasteiger partial charge is 0.425 e. The fraction of sp³-hybridized carbons (Fsp3) is 0.261. The molecule has 0 unspecified atom stereocenters. The lowest BCUT2D eigenvalue weighted by Crippen LogP contribution is -2.40. The molecule has 0 saturated carbocycles. The molecular formula is C23H22Cl2N4O4. The average Bonchev–Trinajstić information content (AvgIpc) is 3.14. The van der Waals surface area contributed by atoms with Crippen LogP contribution in [0.4, 0.5) is 0 Å². The van der Waals surface area contributed by atoms with Crippen LogP contribution in [0.3, 0.4) is 0 Å². The van der Waals surface area contributed by atoms with Gasteiger partial charge in [0.2, 0.25) is 0 Å². The summed E-state index contributed by atoms with van der Waals surface area (Å²) in [6.07, 6.45) is 0.282. The third-order valence-corrected chi connectivity index (χ3v) is 5.72. The Labute approximate surface area is 199 Å². The van der Waals surface area contributed by atoms with Gasteiger partial charge in [-0.15, -0.1) is 0 Å². The zero-order chi connectivity index (χ0) is 23.5. The minimum absolute atomic E-state index is 0.101. The maximum absolute atomic E-state index is 13.4. The van der Waals surface area contributed by atoms with Crippen molar-refractivity contribution in [3.05, 3.63) is 85.0 Å². The van der Waals surface area contributed by atoms with Crippen LogP contribution < -0.4 is 16.0 Å². The highest BCUT2D eigenvalue weighted by molar-refractivity contribution is 6.30. The normalized spacial score (nSPS) is 11.3. The Morgan fingerprint density at radius 2 is 1.58 bits per heavy atom. The van der Waals surface area contributed by atoms with E-state index >= 15 is 0 Å². The SMILES string of the molecule is CCn1c(=O)n(CCCO)c(=O)c2c1nc(Oc1ccc(Cl)cc1)n2Cc1ccc(Cl)cc1. The summed E-state index contributed by atoms with van der Waals surface area (Å²) < 4.78 is 10.2. The van der Waals surface area contributed by atoms with E-state index in [4.69, 9.17) is 27.9 Å². The van der Waals surface area contributed by atoms with Crippen LogP contribution in [-0.4, -0.2) is 30.4 Å². The van der Waals surface area contributed by atoms with Crippen LogP contribution in [0.25, 0.3) is 11.2 Å². The predicted molar refractivity (Wildman–Crippen MR) is 128 cm³/mol. The molecule has 0 bridgehead atoms. The molecule has 4 aromatic rings. The first kappa shape index (κ1) is 23.1. The summed E-state index contributed by atoms with van der Waals surface area (Å²) >= 11 is 12.0. The highest BCUT2D eigenvalue weighted by atomic mass is 35.5. The first-order chi connectivity index (χ1) is 15.9. The van der Waals surface area contributed by atoms with E-state index in [1.54, 1.807) is 47.9 Å². The Balaban J connectivity index is 1.95. The number of rotatable bonds is 8. The number of hydrogen-bond acceptors (Lipinski definition) is 5. The van der Waals surface area contributed by atoms with Gasteiger partial charge in [-0.25, -0.2) is 4.79 Å². The molecule has 1 N–H and O–H groups in total. The van der Waals surface area contributed by atoms with Crippen molar-refractivity contribution in [1.29, 1.82) is 0 Å². The number of hydrogen-bond donors (Lipinski definition) is 1. The van der Waals surface area contributed by atoms with Gasteiger partial charge >= 0.3 is 11.7 Å². The van der Waals surface area contributed by atoms with E-state index in [2.05, 4.69) is 4.98 Å². The molecule has 0 aliphatic heterocycles. The average molecular weight is 489 g/mol. The first-order valence-corrected chi connectivity index (χ1v) is 11.2. The van der Waals surface area contributed by atoms with Gasteiger partial charge in [-0.1, -0.05) is 35.3 Å². The number of halogens is 2. The molecule has 0 amide bonds. The molecule has 0 saturated heterocycles. The topological polar surface area (TPSA) is 91.3 Å². The molecule has 0 fully saturated rings. The van der Waals surface area contributed by atoms with Gasteiger partial charge in [0.15, 0.2) is 11.2 Å². The second kappa shape index (κ2) is 9.82. The van der Waals surface area contributed by atoms with Gasteiger partial charge in [-0.05, 0) is 55.3 Å². The van der Waals surface area contributed by atoms with Gasteiger partial charge in [0.25, 0.3) is 5.56 Å². The molecule has 0 aliphatic carbocycles. The number of nitrogens with zero attached hydrogens (tertiary/aromatic N) is 4. The van der Waals surface area contributed by atoms with Crippen molar-refractivity contribution in [2.24, 2.45) is 0 Å². The fourth-order valence-electron chi connectivity index (χ4n) is 3.59. The van der Waals surface area contributed by atoms with Crippen LogP contribution >= 0.6 is 23.2 Å². The van der Waals surface area contributed by atoms with Crippen molar-refractivity contribution in [2.45, 2.75) is 33.0 Å². The summed E-state index contributed by atoms with van der Waals surface area (Å²) in [7, 11) is 0. The third kappa shape index (κ3) is 4.68. The fourth-order valence-corrected chi connectivity index (χ4v) is 3.84. The van der Waals surface area contributed by atoms with Gasteiger partial charge in [0.05, 0.1) is 6.54 Å². The number of aliphatic hydroxyl groups is 1. The van der Waals surface area contributed by atoms with E-state index < -0.39 is 11.2 Å². The monoisotopic (exact) mass is 488 g/mol. The Hall–Kier alpha value is -3.07. The lowest BCUT2D eigenvalue weighted by molar-refractivity contribution is 0.277. The molecule has 172 valence electrons. The summed E-state index contributed by atoms with van der Waals surface area (Å²) in [6, 6.07) is 14.2. The molecule has 0 atom stereocenters. The van der Waals surface area contributed by atoms with Gasteiger partial charge in [0.1, 0.15) is 5.75 Å². The molecule has 4 rings (SSSR count). The van der Waals surface area contributed by atoms with Crippen LogP contribution in [0, 0.1) is 0 Å². The number of benzene rings is 2. The number of imidazole rings is 1. The summed E-state index contributed by atoms with van der Waals surface area (Å²) in [5.41, 5.74) is 0.396. The second-order valence-electron chi connectivity index (χ2n) is 7.40. The Morgan fingerprint density at radius 1 is 0.939 bits per heavy atom. The van der Waals surface area contributed by atoms with E-state index in [9.17, 15) is 14.7 Å². The number of fused-ring (bicyclic) bond motifs is 1. The quantitative estimate of drug-likeness (QED) is 0.405. The lowest BCUT2D eigenvalue weighted by atomic mass is 10.2. The van der Waals surface area contributed by atoms with Crippen molar-refractivity contribution >= 4 is 34.4 Å². The minimum atomic E-state index is -0.486. The second-order valence-corrected chi connectivity index (χ2v) is 8.27. The highest BCUT2D eigenvalue weighted by Gasteiger charge is 2.22. The highest BCUT2D eigenvalue weighted by Crippen LogP contribution is 2.26. The van der Waals surface area contributed by atoms with E-state index in [0.29, 0.717) is 22.3 Å². The van der Waals surface area contributed by atoms with E-state index in [1.165, 1.54) is 4.57 Å². The van der Waals surface area contributed by atoms with Crippen LogP contribution in [0.2, 0.25) is 10.0 Å². The van der Waals surface area contributed by atoms with Crippen molar-refractivity contribution in [3.8, 4) is 11.8 Å². The Bertz CT molecular complexity index is 1390. The summed E-state index contributed by atoms with van der Waals surface area (Å²) in [5, 5.41) is 10.4. The predicted octanol–water partition coefficient (Wildman–Crippen LogP) is 3.91.